The number of rotatable bonds is 0. The fraction of sp³-hybridized carbons (Fsp3) is 0.455. The molecule has 1 heterocycles. The van der Waals surface area contributed by atoms with Crippen molar-refractivity contribution >= 4 is 5.69 Å². The SMILES string of the molecule is FC(F)(F)c1ccc2c(c1)OC1(CC1)CN2. The van der Waals surface area contributed by atoms with Crippen molar-refractivity contribution in [2.75, 3.05) is 11.9 Å². The molecule has 1 saturated carbocycles. The Kier molecular flexibility index (Phi) is 1.74. The van der Waals surface area contributed by atoms with E-state index in [0.29, 0.717) is 18.0 Å². The third kappa shape index (κ3) is 1.50. The van der Waals surface area contributed by atoms with Crippen molar-refractivity contribution in [1.29, 1.82) is 0 Å². The van der Waals surface area contributed by atoms with Gasteiger partial charge in [-0.05, 0) is 31.0 Å². The molecule has 1 aliphatic heterocycles. The number of ether oxygens (including phenoxy) is 1. The number of hydrogen-bond acceptors (Lipinski definition) is 2. The summed E-state index contributed by atoms with van der Waals surface area (Å²) in [5.74, 6) is 0.318. The van der Waals surface area contributed by atoms with E-state index in [1.165, 1.54) is 6.07 Å². The molecule has 1 spiro atoms. The third-order valence-electron chi connectivity index (χ3n) is 3.04. The topological polar surface area (TPSA) is 21.3 Å². The molecular formula is C11H10F3NO. The van der Waals surface area contributed by atoms with Gasteiger partial charge in [0.05, 0.1) is 17.8 Å². The summed E-state index contributed by atoms with van der Waals surface area (Å²) < 4.78 is 43.1. The van der Waals surface area contributed by atoms with Crippen LogP contribution >= 0.6 is 0 Å². The van der Waals surface area contributed by atoms with Gasteiger partial charge < -0.3 is 10.1 Å². The lowest BCUT2D eigenvalue weighted by molar-refractivity contribution is -0.137. The zero-order valence-corrected chi connectivity index (χ0v) is 8.40. The molecule has 86 valence electrons. The third-order valence-corrected chi connectivity index (χ3v) is 3.04. The highest BCUT2D eigenvalue weighted by molar-refractivity contribution is 5.60. The van der Waals surface area contributed by atoms with E-state index >= 15 is 0 Å². The second kappa shape index (κ2) is 2.84. The fourth-order valence-corrected chi connectivity index (χ4v) is 1.87. The average molecular weight is 229 g/mol. The van der Waals surface area contributed by atoms with Gasteiger partial charge in [-0.1, -0.05) is 0 Å². The summed E-state index contributed by atoms with van der Waals surface area (Å²) in [6.07, 6.45) is -2.49. The Labute approximate surface area is 90.4 Å². The molecule has 0 saturated heterocycles. The Balaban J connectivity index is 1.98. The number of alkyl halides is 3. The molecule has 0 radical (unpaired) electrons. The number of halogens is 3. The summed E-state index contributed by atoms with van der Waals surface area (Å²) in [5.41, 5.74) is -0.256. The number of fused-ring (bicyclic) bond motifs is 1. The zero-order chi connectivity index (χ0) is 11.4. The Morgan fingerprint density at radius 3 is 2.62 bits per heavy atom. The molecule has 1 aromatic rings. The molecule has 1 aromatic carbocycles. The molecule has 1 fully saturated rings. The van der Waals surface area contributed by atoms with Crippen LogP contribution in [0.5, 0.6) is 5.75 Å². The van der Waals surface area contributed by atoms with Crippen LogP contribution in [0.25, 0.3) is 0 Å². The van der Waals surface area contributed by atoms with E-state index in [0.717, 1.165) is 25.0 Å². The molecule has 2 nitrogen and oxygen atoms in total. The molecule has 0 unspecified atom stereocenters. The van der Waals surface area contributed by atoms with Crippen molar-refractivity contribution in [2.45, 2.75) is 24.6 Å². The van der Waals surface area contributed by atoms with Gasteiger partial charge in [-0.25, -0.2) is 0 Å². The maximum absolute atomic E-state index is 12.5. The van der Waals surface area contributed by atoms with Gasteiger partial charge in [0.25, 0.3) is 0 Å². The summed E-state index contributed by atoms with van der Waals surface area (Å²) in [5, 5.41) is 3.10. The fourth-order valence-electron chi connectivity index (χ4n) is 1.87. The maximum atomic E-state index is 12.5. The molecule has 5 heteroatoms. The highest BCUT2D eigenvalue weighted by atomic mass is 19.4. The first kappa shape index (κ1) is 9.81. The molecule has 16 heavy (non-hydrogen) atoms. The molecule has 0 atom stereocenters. The Bertz CT molecular complexity index is 437. The summed E-state index contributed by atoms with van der Waals surface area (Å²) in [7, 11) is 0. The highest BCUT2D eigenvalue weighted by Gasteiger charge is 2.48. The summed E-state index contributed by atoms with van der Waals surface area (Å²) in [6, 6.07) is 3.56. The molecular weight excluding hydrogens is 219 g/mol. The van der Waals surface area contributed by atoms with Crippen LogP contribution in [0.15, 0.2) is 18.2 Å². The van der Waals surface area contributed by atoms with Crippen molar-refractivity contribution in [3.63, 3.8) is 0 Å². The van der Waals surface area contributed by atoms with Gasteiger partial charge in [0.2, 0.25) is 0 Å². The van der Waals surface area contributed by atoms with Crippen molar-refractivity contribution in [3.05, 3.63) is 23.8 Å². The first-order valence-corrected chi connectivity index (χ1v) is 5.13. The number of hydrogen-bond donors (Lipinski definition) is 1. The first-order valence-electron chi connectivity index (χ1n) is 5.13. The van der Waals surface area contributed by atoms with Crippen LogP contribution in [0, 0.1) is 0 Å². The van der Waals surface area contributed by atoms with Crippen LogP contribution in [0.1, 0.15) is 18.4 Å². The van der Waals surface area contributed by atoms with Gasteiger partial charge in [0.15, 0.2) is 0 Å². The Morgan fingerprint density at radius 1 is 1.25 bits per heavy atom. The molecule has 1 aliphatic carbocycles. The number of nitrogens with one attached hydrogen (secondary N) is 1. The lowest BCUT2D eigenvalue weighted by atomic mass is 10.1. The molecule has 0 bridgehead atoms. The van der Waals surface area contributed by atoms with E-state index in [4.69, 9.17) is 4.74 Å². The lowest BCUT2D eigenvalue weighted by Crippen LogP contribution is -2.32. The largest absolute Gasteiger partial charge is 0.483 e. The van der Waals surface area contributed by atoms with Gasteiger partial charge in [0.1, 0.15) is 11.4 Å². The van der Waals surface area contributed by atoms with Crippen molar-refractivity contribution in [3.8, 4) is 5.75 Å². The van der Waals surface area contributed by atoms with Crippen LogP contribution in [0.4, 0.5) is 18.9 Å². The summed E-state index contributed by atoms with van der Waals surface area (Å²) in [4.78, 5) is 0. The van der Waals surface area contributed by atoms with E-state index < -0.39 is 11.7 Å². The molecule has 0 amide bonds. The predicted octanol–water partition coefficient (Wildman–Crippen LogP) is 3.04. The first-order chi connectivity index (χ1) is 7.49. The minimum Gasteiger partial charge on any atom is -0.483 e. The highest BCUT2D eigenvalue weighted by Crippen LogP contribution is 2.47. The van der Waals surface area contributed by atoms with Crippen LogP contribution in [-0.4, -0.2) is 12.1 Å². The molecule has 3 rings (SSSR count). The van der Waals surface area contributed by atoms with E-state index in [1.807, 2.05) is 0 Å². The van der Waals surface area contributed by atoms with Crippen molar-refractivity contribution < 1.29 is 17.9 Å². The van der Waals surface area contributed by atoms with Gasteiger partial charge in [-0.3, -0.25) is 0 Å². The smallest absolute Gasteiger partial charge is 0.416 e. The van der Waals surface area contributed by atoms with Crippen LogP contribution in [-0.2, 0) is 6.18 Å². The van der Waals surface area contributed by atoms with E-state index in [9.17, 15) is 13.2 Å². The quantitative estimate of drug-likeness (QED) is 0.738. The van der Waals surface area contributed by atoms with E-state index in [1.54, 1.807) is 0 Å². The second-order valence-electron chi connectivity index (χ2n) is 4.35. The van der Waals surface area contributed by atoms with Gasteiger partial charge in [-0.15, -0.1) is 0 Å². The molecule has 0 aromatic heterocycles. The van der Waals surface area contributed by atoms with E-state index in [-0.39, 0.29) is 5.60 Å². The monoisotopic (exact) mass is 229 g/mol. The number of benzene rings is 1. The minimum atomic E-state index is -4.31. The maximum Gasteiger partial charge on any atom is 0.416 e. The Hall–Kier alpha value is -1.39. The van der Waals surface area contributed by atoms with Crippen molar-refractivity contribution in [1.82, 2.24) is 0 Å². The number of anilines is 1. The average Bonchev–Trinajstić information content (AvgIpc) is 2.95. The summed E-state index contributed by atoms with van der Waals surface area (Å²) >= 11 is 0. The van der Waals surface area contributed by atoms with Gasteiger partial charge in [0, 0.05) is 0 Å². The van der Waals surface area contributed by atoms with E-state index in [2.05, 4.69) is 5.32 Å². The van der Waals surface area contributed by atoms with Crippen LogP contribution in [0.3, 0.4) is 0 Å². The predicted molar refractivity (Wildman–Crippen MR) is 52.5 cm³/mol. The molecule has 2 aliphatic rings. The summed E-state index contributed by atoms with van der Waals surface area (Å²) in [6.45, 7) is 0.686. The minimum absolute atomic E-state index is 0.239. The normalized spacial score (nSPS) is 20.9. The second-order valence-corrected chi connectivity index (χ2v) is 4.35. The standard InChI is InChI=1S/C11H10F3NO/c12-11(13,14)7-1-2-8-9(5-7)16-10(3-4-10)6-15-8/h1-2,5,15H,3-4,6H2. The van der Waals surface area contributed by atoms with Crippen molar-refractivity contribution in [2.24, 2.45) is 0 Å². The Morgan fingerprint density at radius 2 is 2.00 bits per heavy atom. The van der Waals surface area contributed by atoms with Crippen LogP contribution in [0.2, 0.25) is 0 Å². The molecule has 1 N–H and O–H groups in total. The van der Waals surface area contributed by atoms with Gasteiger partial charge >= 0.3 is 6.18 Å². The lowest BCUT2D eigenvalue weighted by Gasteiger charge is -2.27. The van der Waals surface area contributed by atoms with Crippen LogP contribution < -0.4 is 10.1 Å². The zero-order valence-electron chi connectivity index (χ0n) is 8.40. The van der Waals surface area contributed by atoms with Gasteiger partial charge in [-0.2, -0.15) is 13.2 Å².